The lowest BCUT2D eigenvalue weighted by molar-refractivity contribution is 0.108. The Morgan fingerprint density at radius 2 is 2.36 bits per heavy atom. The van der Waals surface area contributed by atoms with Gasteiger partial charge in [-0.2, -0.15) is 0 Å². The molecule has 14 heavy (non-hydrogen) atoms. The van der Waals surface area contributed by atoms with E-state index in [2.05, 4.69) is 4.98 Å². The molecule has 1 aromatic heterocycles. The SMILES string of the molecule is Cn1c(=O)cc([C@H]2CCCO2)[nH]c1=O. The Balaban J connectivity index is 2.45. The summed E-state index contributed by atoms with van der Waals surface area (Å²) in [6.07, 6.45) is 1.72. The standard InChI is InChI=1S/C9H12N2O3/c1-11-8(12)5-6(10-9(11)13)7-3-2-4-14-7/h5,7H,2-4H2,1H3,(H,10,13)/t7-/m1/s1. The molecule has 0 saturated carbocycles. The quantitative estimate of drug-likeness (QED) is 0.683. The van der Waals surface area contributed by atoms with E-state index in [0.29, 0.717) is 12.3 Å². The first-order chi connectivity index (χ1) is 6.68. The maximum absolute atomic E-state index is 11.3. The third-order valence-corrected chi connectivity index (χ3v) is 2.44. The van der Waals surface area contributed by atoms with Crippen molar-refractivity contribution >= 4 is 0 Å². The molecule has 1 N–H and O–H groups in total. The maximum atomic E-state index is 11.3. The summed E-state index contributed by atoms with van der Waals surface area (Å²) in [5.41, 5.74) is -0.0853. The van der Waals surface area contributed by atoms with Gasteiger partial charge >= 0.3 is 5.69 Å². The van der Waals surface area contributed by atoms with Gasteiger partial charge in [0.25, 0.3) is 5.56 Å². The molecule has 1 aliphatic heterocycles. The van der Waals surface area contributed by atoms with E-state index < -0.39 is 0 Å². The molecule has 1 fully saturated rings. The first kappa shape index (κ1) is 9.21. The van der Waals surface area contributed by atoms with Crippen LogP contribution in [-0.2, 0) is 11.8 Å². The highest BCUT2D eigenvalue weighted by Gasteiger charge is 2.19. The van der Waals surface area contributed by atoms with E-state index in [-0.39, 0.29) is 17.4 Å². The normalized spacial score (nSPS) is 21.4. The summed E-state index contributed by atoms with van der Waals surface area (Å²) in [7, 11) is 1.44. The number of aromatic amines is 1. The monoisotopic (exact) mass is 196 g/mol. The van der Waals surface area contributed by atoms with Gasteiger partial charge in [0.2, 0.25) is 0 Å². The van der Waals surface area contributed by atoms with Crippen molar-refractivity contribution in [1.29, 1.82) is 0 Å². The van der Waals surface area contributed by atoms with Crippen LogP contribution in [0.1, 0.15) is 24.6 Å². The minimum Gasteiger partial charge on any atom is -0.372 e. The van der Waals surface area contributed by atoms with E-state index in [1.54, 1.807) is 0 Å². The lowest BCUT2D eigenvalue weighted by atomic mass is 10.2. The number of rotatable bonds is 1. The maximum Gasteiger partial charge on any atom is 0.328 e. The highest BCUT2D eigenvalue weighted by atomic mass is 16.5. The van der Waals surface area contributed by atoms with Gasteiger partial charge in [-0.3, -0.25) is 9.36 Å². The summed E-state index contributed by atoms with van der Waals surface area (Å²) < 4.78 is 6.41. The molecule has 2 heterocycles. The van der Waals surface area contributed by atoms with Gasteiger partial charge in [-0.05, 0) is 12.8 Å². The summed E-state index contributed by atoms with van der Waals surface area (Å²) in [6, 6.07) is 1.43. The molecule has 1 saturated heterocycles. The van der Waals surface area contributed by atoms with Crippen LogP contribution in [0.3, 0.4) is 0 Å². The largest absolute Gasteiger partial charge is 0.372 e. The Bertz CT molecular complexity index is 409. The third kappa shape index (κ3) is 1.50. The van der Waals surface area contributed by atoms with Crippen molar-refractivity contribution in [3.8, 4) is 0 Å². The number of hydrogen-bond acceptors (Lipinski definition) is 3. The second kappa shape index (κ2) is 3.42. The van der Waals surface area contributed by atoms with Gasteiger partial charge < -0.3 is 9.72 Å². The van der Waals surface area contributed by atoms with Gasteiger partial charge in [0.15, 0.2) is 0 Å². The molecule has 1 aliphatic rings. The predicted octanol–water partition coefficient (Wildman–Crippen LogP) is -0.0749. The molecular weight excluding hydrogens is 184 g/mol. The summed E-state index contributed by atoms with van der Waals surface area (Å²) in [5.74, 6) is 0. The molecule has 76 valence electrons. The fourth-order valence-electron chi connectivity index (χ4n) is 1.57. The summed E-state index contributed by atoms with van der Waals surface area (Å²) in [6.45, 7) is 0.696. The Kier molecular flexibility index (Phi) is 2.25. The first-order valence-corrected chi connectivity index (χ1v) is 4.60. The van der Waals surface area contributed by atoms with Crippen LogP contribution in [0.5, 0.6) is 0 Å². The van der Waals surface area contributed by atoms with Crippen LogP contribution < -0.4 is 11.2 Å². The Labute approximate surface area is 80.3 Å². The summed E-state index contributed by atoms with van der Waals surface area (Å²) in [5, 5.41) is 0. The average molecular weight is 196 g/mol. The minimum absolute atomic E-state index is 0.114. The molecule has 0 radical (unpaired) electrons. The van der Waals surface area contributed by atoms with Gasteiger partial charge in [-0.1, -0.05) is 0 Å². The van der Waals surface area contributed by atoms with E-state index in [4.69, 9.17) is 4.74 Å². The zero-order valence-electron chi connectivity index (χ0n) is 7.95. The van der Waals surface area contributed by atoms with Crippen molar-refractivity contribution in [3.63, 3.8) is 0 Å². The van der Waals surface area contributed by atoms with Crippen LogP contribution in [0.15, 0.2) is 15.7 Å². The zero-order valence-corrected chi connectivity index (χ0v) is 7.95. The van der Waals surface area contributed by atoms with Crippen LogP contribution in [-0.4, -0.2) is 16.2 Å². The van der Waals surface area contributed by atoms with Crippen molar-refractivity contribution in [1.82, 2.24) is 9.55 Å². The molecule has 5 nitrogen and oxygen atoms in total. The molecule has 1 aromatic rings. The molecule has 0 unspecified atom stereocenters. The highest BCUT2D eigenvalue weighted by molar-refractivity contribution is 5.04. The van der Waals surface area contributed by atoms with Crippen LogP contribution in [0, 0.1) is 0 Å². The second-order valence-corrected chi connectivity index (χ2v) is 3.43. The summed E-state index contributed by atoms with van der Waals surface area (Å²) in [4.78, 5) is 25.2. The van der Waals surface area contributed by atoms with Gasteiger partial charge in [0.05, 0.1) is 11.8 Å². The molecule has 0 bridgehead atoms. The molecule has 0 spiro atoms. The van der Waals surface area contributed by atoms with Crippen molar-refractivity contribution in [2.75, 3.05) is 6.61 Å². The van der Waals surface area contributed by atoms with Gasteiger partial charge in [-0.25, -0.2) is 4.79 Å². The van der Waals surface area contributed by atoms with E-state index >= 15 is 0 Å². The Morgan fingerprint density at radius 1 is 1.57 bits per heavy atom. The lowest BCUT2D eigenvalue weighted by Crippen LogP contribution is -2.33. The number of hydrogen-bond donors (Lipinski definition) is 1. The summed E-state index contributed by atoms with van der Waals surface area (Å²) >= 11 is 0. The fourth-order valence-corrected chi connectivity index (χ4v) is 1.57. The van der Waals surface area contributed by atoms with Crippen molar-refractivity contribution in [2.45, 2.75) is 18.9 Å². The molecule has 0 aliphatic carbocycles. The molecule has 0 amide bonds. The van der Waals surface area contributed by atoms with Crippen molar-refractivity contribution < 1.29 is 4.74 Å². The smallest absolute Gasteiger partial charge is 0.328 e. The van der Waals surface area contributed by atoms with E-state index in [1.807, 2.05) is 0 Å². The van der Waals surface area contributed by atoms with E-state index in [1.165, 1.54) is 13.1 Å². The average Bonchev–Trinajstić information content (AvgIpc) is 2.66. The van der Waals surface area contributed by atoms with Gasteiger partial charge in [0.1, 0.15) is 0 Å². The Hall–Kier alpha value is -1.36. The molecule has 5 heteroatoms. The molecule has 2 rings (SSSR count). The van der Waals surface area contributed by atoms with Crippen LogP contribution >= 0.6 is 0 Å². The molecular formula is C9H12N2O3. The predicted molar refractivity (Wildman–Crippen MR) is 50.2 cm³/mol. The topological polar surface area (TPSA) is 64.1 Å². The number of nitrogens with one attached hydrogen (secondary N) is 1. The highest BCUT2D eigenvalue weighted by Crippen LogP contribution is 2.25. The van der Waals surface area contributed by atoms with Crippen molar-refractivity contribution in [3.05, 3.63) is 32.6 Å². The fraction of sp³-hybridized carbons (Fsp3) is 0.556. The second-order valence-electron chi connectivity index (χ2n) is 3.43. The zero-order chi connectivity index (χ0) is 10.1. The van der Waals surface area contributed by atoms with Crippen LogP contribution in [0.4, 0.5) is 0 Å². The third-order valence-electron chi connectivity index (χ3n) is 2.44. The van der Waals surface area contributed by atoms with E-state index in [9.17, 15) is 9.59 Å². The number of ether oxygens (including phenoxy) is 1. The van der Waals surface area contributed by atoms with Gasteiger partial charge in [-0.15, -0.1) is 0 Å². The molecule has 0 aromatic carbocycles. The number of aromatic nitrogens is 2. The van der Waals surface area contributed by atoms with E-state index in [0.717, 1.165) is 17.4 Å². The number of H-pyrrole nitrogens is 1. The number of nitrogens with zero attached hydrogens (tertiary/aromatic N) is 1. The minimum atomic E-state index is -0.386. The lowest BCUT2D eigenvalue weighted by Gasteiger charge is -2.08. The first-order valence-electron chi connectivity index (χ1n) is 4.60. The Morgan fingerprint density at radius 3 is 2.93 bits per heavy atom. The van der Waals surface area contributed by atoms with Crippen LogP contribution in [0.25, 0.3) is 0 Å². The van der Waals surface area contributed by atoms with Crippen molar-refractivity contribution in [2.24, 2.45) is 7.05 Å². The van der Waals surface area contributed by atoms with Gasteiger partial charge in [0, 0.05) is 19.7 Å². The molecule has 1 atom stereocenters. The van der Waals surface area contributed by atoms with Crippen LogP contribution in [0.2, 0.25) is 0 Å².